The molecule has 0 saturated carbocycles. The Morgan fingerprint density at radius 2 is 2.05 bits per heavy atom. The van der Waals surface area contributed by atoms with Crippen LogP contribution in [0, 0.1) is 0 Å². The van der Waals surface area contributed by atoms with E-state index in [1.807, 2.05) is 0 Å². The average Bonchev–Trinajstić information content (AvgIpc) is 2.49. The molecule has 1 heteroatoms. The summed E-state index contributed by atoms with van der Waals surface area (Å²) in [5.74, 6) is 0.941. The summed E-state index contributed by atoms with van der Waals surface area (Å²) in [5, 5.41) is 0. The number of hydrogen-bond acceptors (Lipinski definition) is 1. The maximum absolute atomic E-state index is 5.41. The summed E-state index contributed by atoms with van der Waals surface area (Å²) in [6.07, 6.45) is 14.4. The van der Waals surface area contributed by atoms with E-state index >= 15 is 0 Å². The maximum atomic E-state index is 5.41. The van der Waals surface area contributed by atoms with Crippen LogP contribution in [-0.2, 0) is 10.2 Å². The van der Waals surface area contributed by atoms with E-state index in [9.17, 15) is 0 Å². The van der Waals surface area contributed by atoms with Gasteiger partial charge >= 0.3 is 0 Å². The summed E-state index contributed by atoms with van der Waals surface area (Å²) in [6.45, 7) is 2.21. The van der Waals surface area contributed by atoms with Crippen molar-refractivity contribution in [1.29, 1.82) is 0 Å². The summed E-state index contributed by atoms with van der Waals surface area (Å²) in [6, 6.07) is 10.7. The van der Waals surface area contributed by atoms with E-state index in [-0.39, 0.29) is 5.41 Å². The van der Waals surface area contributed by atoms with Gasteiger partial charge in [0.15, 0.2) is 0 Å². The molecule has 0 amide bonds. The molecule has 0 N–H and O–H groups in total. The van der Waals surface area contributed by atoms with Crippen molar-refractivity contribution in [3.63, 3.8) is 0 Å². The molecular weight excluding hydrogens is 232 g/mol. The molecule has 0 saturated heterocycles. The molecule has 0 aliphatic heterocycles. The Bertz CT molecular complexity index is 482. The number of ether oxygens (including phenoxy) is 1. The van der Waals surface area contributed by atoms with Crippen molar-refractivity contribution >= 4 is 0 Å². The van der Waals surface area contributed by atoms with Gasteiger partial charge in [-0.25, -0.2) is 0 Å². The number of allylic oxidation sites excluding steroid dienone is 5. The zero-order chi connectivity index (χ0) is 13.6. The zero-order valence-electron chi connectivity index (χ0n) is 11.8. The topological polar surface area (TPSA) is 9.23 Å². The minimum Gasteiger partial charge on any atom is -0.497 e. The van der Waals surface area contributed by atoms with E-state index in [1.165, 1.54) is 12.0 Å². The van der Waals surface area contributed by atoms with Gasteiger partial charge in [0.2, 0.25) is 0 Å². The zero-order valence-corrected chi connectivity index (χ0v) is 11.8. The van der Waals surface area contributed by atoms with Gasteiger partial charge in [-0.3, -0.25) is 0 Å². The predicted octanol–water partition coefficient (Wildman–Crippen LogP) is 4.77. The number of unbranched alkanes of at least 4 members (excludes halogenated alkanes) is 1. The summed E-state index contributed by atoms with van der Waals surface area (Å²) >= 11 is 0. The molecule has 1 aliphatic carbocycles. The van der Waals surface area contributed by atoms with Crippen molar-refractivity contribution in [2.24, 2.45) is 0 Å². The first kappa shape index (κ1) is 13.7. The molecule has 1 aromatic rings. The van der Waals surface area contributed by atoms with Crippen LogP contribution in [0.1, 0.15) is 31.7 Å². The molecule has 1 aromatic carbocycles. The standard InChI is InChI=1S/C18H22O/c1-3-4-8-13-18(16-10-6-5-7-11-16)14-9-12-17(15-18)19-2/h5-13,15H,3-4,14H2,1-2H3/b13-8+. The van der Waals surface area contributed by atoms with Gasteiger partial charge in [0.1, 0.15) is 5.76 Å². The molecule has 19 heavy (non-hydrogen) atoms. The Balaban J connectivity index is 2.39. The van der Waals surface area contributed by atoms with E-state index in [1.54, 1.807) is 7.11 Å². The molecule has 0 bridgehead atoms. The molecule has 0 radical (unpaired) electrons. The van der Waals surface area contributed by atoms with E-state index < -0.39 is 0 Å². The normalized spacial score (nSPS) is 22.5. The van der Waals surface area contributed by atoms with Crippen LogP contribution in [0.15, 0.2) is 66.5 Å². The van der Waals surface area contributed by atoms with Crippen molar-refractivity contribution in [2.45, 2.75) is 31.6 Å². The lowest BCUT2D eigenvalue weighted by molar-refractivity contribution is 0.299. The second-order valence-electron chi connectivity index (χ2n) is 4.95. The fourth-order valence-corrected chi connectivity index (χ4v) is 2.48. The largest absolute Gasteiger partial charge is 0.497 e. The van der Waals surface area contributed by atoms with Gasteiger partial charge in [0, 0.05) is 5.41 Å². The van der Waals surface area contributed by atoms with E-state index in [2.05, 4.69) is 67.6 Å². The molecule has 1 nitrogen and oxygen atoms in total. The van der Waals surface area contributed by atoms with Gasteiger partial charge in [0.05, 0.1) is 7.11 Å². The average molecular weight is 254 g/mol. The third-order valence-corrected chi connectivity index (χ3v) is 3.56. The van der Waals surface area contributed by atoms with Gasteiger partial charge in [-0.2, -0.15) is 0 Å². The van der Waals surface area contributed by atoms with Crippen molar-refractivity contribution < 1.29 is 4.74 Å². The van der Waals surface area contributed by atoms with Crippen molar-refractivity contribution in [3.05, 3.63) is 72.0 Å². The first-order chi connectivity index (χ1) is 9.30. The quantitative estimate of drug-likeness (QED) is 0.688. The molecular formula is C18H22O. The van der Waals surface area contributed by atoms with Crippen LogP contribution >= 0.6 is 0 Å². The number of rotatable bonds is 5. The third-order valence-electron chi connectivity index (χ3n) is 3.56. The van der Waals surface area contributed by atoms with Crippen LogP contribution in [0.5, 0.6) is 0 Å². The molecule has 1 atom stereocenters. The Labute approximate surface area is 116 Å². The maximum Gasteiger partial charge on any atom is 0.115 e. The fourth-order valence-electron chi connectivity index (χ4n) is 2.48. The first-order valence-electron chi connectivity index (χ1n) is 6.97. The highest BCUT2D eigenvalue weighted by Crippen LogP contribution is 2.36. The molecule has 100 valence electrons. The Hall–Kier alpha value is -1.76. The van der Waals surface area contributed by atoms with Gasteiger partial charge < -0.3 is 4.74 Å². The number of benzene rings is 1. The van der Waals surface area contributed by atoms with E-state index in [0.717, 1.165) is 18.6 Å². The van der Waals surface area contributed by atoms with Crippen LogP contribution in [0.4, 0.5) is 0 Å². The smallest absolute Gasteiger partial charge is 0.115 e. The SMILES string of the molecule is CCC/C=C/C1(c2ccccc2)C=C(OC)C=CC1. The molecule has 0 heterocycles. The van der Waals surface area contributed by atoms with Crippen molar-refractivity contribution in [3.8, 4) is 0 Å². The summed E-state index contributed by atoms with van der Waals surface area (Å²) in [7, 11) is 1.73. The molecule has 1 aliphatic rings. The summed E-state index contributed by atoms with van der Waals surface area (Å²) in [4.78, 5) is 0. The van der Waals surface area contributed by atoms with Crippen molar-refractivity contribution in [1.82, 2.24) is 0 Å². The van der Waals surface area contributed by atoms with Crippen LogP contribution in [0.2, 0.25) is 0 Å². The van der Waals surface area contributed by atoms with Crippen LogP contribution in [0.25, 0.3) is 0 Å². The molecule has 0 aromatic heterocycles. The highest BCUT2D eigenvalue weighted by Gasteiger charge is 2.28. The van der Waals surface area contributed by atoms with Gasteiger partial charge in [-0.05, 0) is 30.6 Å². The second kappa shape index (κ2) is 6.42. The minimum atomic E-state index is -0.0590. The summed E-state index contributed by atoms with van der Waals surface area (Å²) in [5.41, 5.74) is 1.26. The summed E-state index contributed by atoms with van der Waals surface area (Å²) < 4.78 is 5.41. The molecule has 1 unspecified atom stereocenters. The lowest BCUT2D eigenvalue weighted by Crippen LogP contribution is -2.22. The van der Waals surface area contributed by atoms with Gasteiger partial charge in [0.25, 0.3) is 0 Å². The van der Waals surface area contributed by atoms with Gasteiger partial charge in [-0.1, -0.05) is 61.9 Å². The number of hydrogen-bond donors (Lipinski definition) is 0. The highest BCUT2D eigenvalue weighted by atomic mass is 16.5. The van der Waals surface area contributed by atoms with Crippen molar-refractivity contribution in [2.75, 3.05) is 7.11 Å². The van der Waals surface area contributed by atoms with E-state index in [0.29, 0.717) is 0 Å². The molecule has 0 fully saturated rings. The van der Waals surface area contributed by atoms with Crippen LogP contribution in [-0.4, -0.2) is 7.11 Å². The van der Waals surface area contributed by atoms with Crippen LogP contribution in [0.3, 0.4) is 0 Å². The fraction of sp³-hybridized carbons (Fsp3) is 0.333. The van der Waals surface area contributed by atoms with Gasteiger partial charge in [-0.15, -0.1) is 0 Å². The molecule has 2 rings (SSSR count). The Kier molecular flexibility index (Phi) is 4.62. The Morgan fingerprint density at radius 1 is 1.26 bits per heavy atom. The highest BCUT2D eigenvalue weighted by molar-refractivity contribution is 5.42. The minimum absolute atomic E-state index is 0.0590. The lowest BCUT2D eigenvalue weighted by Gasteiger charge is -2.30. The number of methoxy groups -OCH3 is 1. The second-order valence-corrected chi connectivity index (χ2v) is 4.95. The monoisotopic (exact) mass is 254 g/mol. The first-order valence-corrected chi connectivity index (χ1v) is 6.97. The lowest BCUT2D eigenvalue weighted by atomic mass is 9.74. The van der Waals surface area contributed by atoms with E-state index in [4.69, 9.17) is 4.74 Å². The molecule has 0 spiro atoms. The van der Waals surface area contributed by atoms with Crippen LogP contribution < -0.4 is 0 Å². The third kappa shape index (κ3) is 3.17. The predicted molar refractivity (Wildman–Crippen MR) is 81.0 cm³/mol. The Morgan fingerprint density at radius 3 is 2.74 bits per heavy atom.